The number of β-lactam (4-membered cyclic amide) rings is 1. The summed E-state index contributed by atoms with van der Waals surface area (Å²) in [5.74, 6) is 1.93. The van der Waals surface area contributed by atoms with E-state index in [0.29, 0.717) is 23.8 Å². The third kappa shape index (κ3) is 3.83. The second-order valence-corrected chi connectivity index (χ2v) is 7.36. The first-order valence-corrected chi connectivity index (χ1v) is 9.90. The van der Waals surface area contributed by atoms with Crippen LogP contribution in [-0.4, -0.2) is 31.1 Å². The monoisotopic (exact) mass is 403 g/mol. The van der Waals surface area contributed by atoms with Gasteiger partial charge in [0, 0.05) is 6.54 Å². The summed E-state index contributed by atoms with van der Waals surface area (Å²) in [4.78, 5) is 14.9. The number of amides is 1. The number of likely N-dealkylation sites (tertiary alicyclic amines) is 1. The van der Waals surface area contributed by atoms with Gasteiger partial charge in [0.05, 0.1) is 14.2 Å². The second-order valence-electron chi connectivity index (χ2n) is 7.36. The number of aryl methyl sites for hydroxylation is 1. The number of ether oxygens (including phenoxy) is 3. The van der Waals surface area contributed by atoms with Gasteiger partial charge in [-0.05, 0) is 42.3 Å². The van der Waals surface area contributed by atoms with E-state index < -0.39 is 6.10 Å². The van der Waals surface area contributed by atoms with Crippen LogP contribution in [0.5, 0.6) is 17.2 Å². The summed E-state index contributed by atoms with van der Waals surface area (Å²) in [6.45, 7) is 2.57. The van der Waals surface area contributed by atoms with Crippen LogP contribution < -0.4 is 14.2 Å². The fourth-order valence-electron chi connectivity index (χ4n) is 3.74. The third-order valence-corrected chi connectivity index (χ3v) is 5.38. The van der Waals surface area contributed by atoms with Crippen LogP contribution in [0.15, 0.2) is 72.8 Å². The Kier molecular flexibility index (Phi) is 5.61. The Bertz CT molecular complexity index is 1020. The van der Waals surface area contributed by atoms with Crippen LogP contribution in [0.2, 0.25) is 0 Å². The minimum Gasteiger partial charge on any atom is -0.493 e. The first-order chi connectivity index (χ1) is 14.6. The fraction of sp³-hybridized carbons (Fsp3) is 0.240. The Morgan fingerprint density at radius 1 is 0.867 bits per heavy atom. The molecular formula is C25H25NO4. The van der Waals surface area contributed by atoms with Crippen LogP contribution in [0.3, 0.4) is 0 Å². The Labute approximate surface area is 176 Å². The summed E-state index contributed by atoms with van der Waals surface area (Å²) < 4.78 is 16.9. The number of benzene rings is 3. The van der Waals surface area contributed by atoms with Crippen molar-refractivity contribution >= 4 is 5.91 Å². The molecule has 0 radical (unpaired) electrons. The van der Waals surface area contributed by atoms with Crippen molar-refractivity contribution in [2.24, 2.45) is 0 Å². The van der Waals surface area contributed by atoms with Crippen molar-refractivity contribution < 1.29 is 19.0 Å². The molecule has 1 aliphatic rings. The molecular weight excluding hydrogens is 378 g/mol. The summed E-state index contributed by atoms with van der Waals surface area (Å²) in [5, 5.41) is 0. The van der Waals surface area contributed by atoms with Crippen LogP contribution in [0.25, 0.3) is 0 Å². The van der Waals surface area contributed by atoms with Crippen LogP contribution in [-0.2, 0) is 11.3 Å². The molecule has 0 aromatic heterocycles. The van der Waals surface area contributed by atoms with Crippen molar-refractivity contribution in [1.82, 2.24) is 4.90 Å². The maximum Gasteiger partial charge on any atom is 0.267 e. The van der Waals surface area contributed by atoms with Crippen molar-refractivity contribution in [1.29, 1.82) is 0 Å². The van der Waals surface area contributed by atoms with Gasteiger partial charge in [0.15, 0.2) is 11.5 Å². The minimum atomic E-state index is -0.587. The lowest BCUT2D eigenvalue weighted by molar-refractivity contribution is -0.165. The highest BCUT2D eigenvalue weighted by atomic mass is 16.5. The third-order valence-electron chi connectivity index (χ3n) is 5.38. The largest absolute Gasteiger partial charge is 0.493 e. The van der Waals surface area contributed by atoms with E-state index in [2.05, 4.69) is 31.2 Å². The van der Waals surface area contributed by atoms with E-state index >= 15 is 0 Å². The van der Waals surface area contributed by atoms with Crippen molar-refractivity contribution in [2.75, 3.05) is 14.2 Å². The zero-order valence-corrected chi connectivity index (χ0v) is 17.4. The Hall–Kier alpha value is -3.47. The Balaban J connectivity index is 1.65. The van der Waals surface area contributed by atoms with E-state index in [0.717, 1.165) is 11.1 Å². The molecule has 1 saturated heterocycles. The quantitative estimate of drug-likeness (QED) is 0.544. The standard InChI is InChI=1S/C25H25NO4/c1-17-9-11-18(12-10-17)16-26-23(19-13-14-21(28-2)22(15-19)29-3)24(25(26)27)30-20-7-5-4-6-8-20/h4-15,23-24H,16H2,1-3H3. The van der Waals surface area contributed by atoms with E-state index in [1.54, 1.807) is 14.2 Å². The Morgan fingerprint density at radius 2 is 1.57 bits per heavy atom. The van der Waals surface area contributed by atoms with E-state index in [9.17, 15) is 4.79 Å². The lowest BCUT2D eigenvalue weighted by Crippen LogP contribution is -2.60. The van der Waals surface area contributed by atoms with E-state index in [4.69, 9.17) is 14.2 Å². The SMILES string of the molecule is COc1ccc(C2C(Oc3ccccc3)C(=O)N2Cc2ccc(C)cc2)cc1OC. The predicted octanol–water partition coefficient (Wildman–Crippen LogP) is 4.54. The molecule has 2 atom stereocenters. The molecule has 1 fully saturated rings. The summed E-state index contributed by atoms with van der Waals surface area (Å²) in [6, 6.07) is 23.2. The molecule has 3 aromatic rings. The Morgan fingerprint density at radius 3 is 2.23 bits per heavy atom. The molecule has 0 spiro atoms. The molecule has 0 N–H and O–H groups in total. The molecule has 4 rings (SSSR count). The maximum atomic E-state index is 13.0. The minimum absolute atomic E-state index is 0.0285. The van der Waals surface area contributed by atoms with Gasteiger partial charge in [0.1, 0.15) is 11.8 Å². The number of hydrogen-bond acceptors (Lipinski definition) is 4. The number of methoxy groups -OCH3 is 2. The number of carbonyl (C=O) groups excluding carboxylic acids is 1. The van der Waals surface area contributed by atoms with Crippen LogP contribution in [0.1, 0.15) is 22.7 Å². The maximum absolute atomic E-state index is 13.0. The van der Waals surface area contributed by atoms with Crippen molar-refractivity contribution in [3.63, 3.8) is 0 Å². The highest BCUT2D eigenvalue weighted by Crippen LogP contribution is 2.41. The summed E-state index contributed by atoms with van der Waals surface area (Å²) in [6.07, 6.45) is -0.587. The predicted molar refractivity (Wildman–Crippen MR) is 115 cm³/mol. The van der Waals surface area contributed by atoms with Crippen LogP contribution in [0, 0.1) is 6.92 Å². The van der Waals surface area contributed by atoms with Gasteiger partial charge in [-0.15, -0.1) is 0 Å². The number of hydrogen-bond donors (Lipinski definition) is 0. The van der Waals surface area contributed by atoms with Gasteiger partial charge < -0.3 is 19.1 Å². The van der Waals surface area contributed by atoms with Gasteiger partial charge in [-0.25, -0.2) is 0 Å². The number of carbonyl (C=O) groups is 1. The highest BCUT2D eigenvalue weighted by Gasteiger charge is 2.50. The number of rotatable bonds is 7. The molecule has 0 aliphatic carbocycles. The van der Waals surface area contributed by atoms with E-state index in [-0.39, 0.29) is 11.9 Å². The molecule has 1 aliphatic heterocycles. The fourth-order valence-corrected chi connectivity index (χ4v) is 3.74. The van der Waals surface area contributed by atoms with Gasteiger partial charge in [-0.3, -0.25) is 4.79 Å². The molecule has 30 heavy (non-hydrogen) atoms. The highest BCUT2D eigenvalue weighted by molar-refractivity contribution is 5.89. The molecule has 1 amide bonds. The van der Waals surface area contributed by atoms with Gasteiger partial charge >= 0.3 is 0 Å². The van der Waals surface area contributed by atoms with Gasteiger partial charge in [-0.1, -0.05) is 54.1 Å². The van der Waals surface area contributed by atoms with Crippen LogP contribution >= 0.6 is 0 Å². The first-order valence-electron chi connectivity index (χ1n) is 9.90. The lowest BCUT2D eigenvalue weighted by atomic mass is 9.89. The van der Waals surface area contributed by atoms with Gasteiger partial charge in [0.2, 0.25) is 6.10 Å². The molecule has 154 valence electrons. The van der Waals surface area contributed by atoms with Crippen molar-refractivity contribution in [3.8, 4) is 17.2 Å². The normalized spacial score (nSPS) is 18.0. The number of para-hydroxylation sites is 1. The average Bonchev–Trinajstić information content (AvgIpc) is 2.79. The first kappa shape index (κ1) is 19.8. The molecule has 2 unspecified atom stereocenters. The van der Waals surface area contributed by atoms with E-state index in [1.165, 1.54) is 5.56 Å². The zero-order chi connectivity index (χ0) is 21.1. The summed E-state index contributed by atoms with van der Waals surface area (Å²) in [7, 11) is 3.21. The molecule has 3 aromatic carbocycles. The zero-order valence-electron chi connectivity index (χ0n) is 17.4. The lowest BCUT2D eigenvalue weighted by Gasteiger charge is -2.47. The summed E-state index contributed by atoms with van der Waals surface area (Å²) in [5.41, 5.74) is 3.22. The smallest absolute Gasteiger partial charge is 0.267 e. The topological polar surface area (TPSA) is 48.0 Å². The molecule has 5 nitrogen and oxygen atoms in total. The molecule has 0 bridgehead atoms. The second kappa shape index (κ2) is 8.49. The summed E-state index contributed by atoms with van der Waals surface area (Å²) >= 11 is 0. The van der Waals surface area contributed by atoms with Crippen LogP contribution in [0.4, 0.5) is 0 Å². The average molecular weight is 403 g/mol. The number of nitrogens with zero attached hydrogens (tertiary/aromatic N) is 1. The van der Waals surface area contributed by atoms with Crippen molar-refractivity contribution in [3.05, 3.63) is 89.5 Å². The van der Waals surface area contributed by atoms with Crippen molar-refractivity contribution in [2.45, 2.75) is 25.6 Å². The van der Waals surface area contributed by atoms with E-state index in [1.807, 2.05) is 53.4 Å². The molecule has 1 heterocycles. The molecule has 5 heteroatoms. The molecule has 0 saturated carbocycles. The van der Waals surface area contributed by atoms with Gasteiger partial charge in [0.25, 0.3) is 5.91 Å². The van der Waals surface area contributed by atoms with Gasteiger partial charge in [-0.2, -0.15) is 0 Å².